The first-order valence-corrected chi connectivity index (χ1v) is 9.73. The van der Waals surface area contributed by atoms with Crippen molar-refractivity contribution in [3.05, 3.63) is 11.6 Å². The number of aliphatic hydroxyl groups is 1. The first kappa shape index (κ1) is 15.9. The predicted molar refractivity (Wildman–Crippen MR) is 91.9 cm³/mol. The molecule has 3 saturated carbocycles. The molecule has 128 valence electrons. The topological polar surface area (TPSA) is 37.3 Å². The number of hydrogen-bond acceptors (Lipinski definition) is 2. The summed E-state index contributed by atoms with van der Waals surface area (Å²) in [5.74, 6) is 3.80. The van der Waals surface area contributed by atoms with Gasteiger partial charge in [0.15, 0.2) is 0 Å². The van der Waals surface area contributed by atoms with Crippen molar-refractivity contribution in [3.63, 3.8) is 0 Å². The fraction of sp³-hybridized carbons (Fsp3) is 0.857. The number of allylic oxidation sites excluding steroid dienone is 1. The highest BCUT2D eigenvalue weighted by atomic mass is 16.3. The smallest absolute Gasteiger partial charge is 0.133 e. The molecule has 0 radical (unpaired) electrons. The average Bonchev–Trinajstić information content (AvgIpc) is 2.83. The van der Waals surface area contributed by atoms with Gasteiger partial charge in [0.1, 0.15) is 5.78 Å². The third-order valence-corrected chi connectivity index (χ3v) is 8.21. The monoisotopic (exact) mass is 316 g/mol. The molecule has 0 aromatic heterocycles. The number of rotatable bonds is 1. The minimum Gasteiger partial charge on any atom is -0.390 e. The maximum absolute atomic E-state index is 12.1. The molecule has 3 fully saturated rings. The summed E-state index contributed by atoms with van der Waals surface area (Å²) in [7, 11) is 0. The van der Waals surface area contributed by atoms with Crippen LogP contribution in [0.2, 0.25) is 0 Å². The predicted octanol–water partition coefficient (Wildman–Crippen LogP) is 4.52. The third-order valence-electron chi connectivity index (χ3n) is 8.21. The van der Waals surface area contributed by atoms with Gasteiger partial charge >= 0.3 is 0 Å². The lowest BCUT2D eigenvalue weighted by Gasteiger charge is -2.54. The summed E-state index contributed by atoms with van der Waals surface area (Å²) in [5, 5.41) is 10.4. The molecule has 7 atom stereocenters. The van der Waals surface area contributed by atoms with E-state index in [0.29, 0.717) is 11.7 Å². The van der Waals surface area contributed by atoms with E-state index in [9.17, 15) is 9.90 Å². The summed E-state index contributed by atoms with van der Waals surface area (Å²) in [6, 6.07) is 0. The van der Waals surface area contributed by atoms with Crippen LogP contribution >= 0.6 is 0 Å². The van der Waals surface area contributed by atoms with Gasteiger partial charge in [-0.2, -0.15) is 0 Å². The Morgan fingerprint density at radius 2 is 1.91 bits per heavy atom. The van der Waals surface area contributed by atoms with Crippen molar-refractivity contribution in [1.82, 2.24) is 0 Å². The van der Waals surface area contributed by atoms with Crippen LogP contribution in [-0.2, 0) is 4.79 Å². The van der Waals surface area contributed by atoms with Crippen molar-refractivity contribution >= 4 is 5.78 Å². The van der Waals surface area contributed by atoms with Crippen LogP contribution in [0.5, 0.6) is 0 Å². The molecule has 2 nitrogen and oxygen atoms in total. The van der Waals surface area contributed by atoms with Crippen molar-refractivity contribution in [2.24, 2.45) is 35.0 Å². The second-order valence-electron chi connectivity index (χ2n) is 9.55. The van der Waals surface area contributed by atoms with E-state index < -0.39 is 5.60 Å². The van der Waals surface area contributed by atoms with Gasteiger partial charge in [-0.1, -0.05) is 18.6 Å². The van der Waals surface area contributed by atoms with E-state index in [-0.39, 0.29) is 5.41 Å². The van der Waals surface area contributed by atoms with Gasteiger partial charge in [0.25, 0.3) is 0 Å². The van der Waals surface area contributed by atoms with E-state index in [4.69, 9.17) is 0 Å². The van der Waals surface area contributed by atoms with Gasteiger partial charge in [-0.15, -0.1) is 0 Å². The zero-order valence-electron chi connectivity index (χ0n) is 15.0. The van der Waals surface area contributed by atoms with Gasteiger partial charge in [-0.25, -0.2) is 0 Å². The van der Waals surface area contributed by atoms with Crippen molar-refractivity contribution in [1.29, 1.82) is 0 Å². The molecule has 0 aliphatic heterocycles. The molecule has 0 unspecified atom stereocenters. The molecule has 2 heteroatoms. The molecule has 1 N–H and O–H groups in total. The first-order chi connectivity index (χ1) is 10.8. The molecule has 23 heavy (non-hydrogen) atoms. The molecule has 0 spiro atoms. The minimum absolute atomic E-state index is 0.262. The zero-order chi connectivity index (χ0) is 16.4. The molecule has 0 heterocycles. The SMILES string of the molecule is CC(=O)[C@H]1CC[C@H]2[C@@H]3CC=C4C[C@@](C)(O)CC[C@@H]4[C@H]3CC[C@]12C. The third kappa shape index (κ3) is 2.35. The lowest BCUT2D eigenvalue weighted by Crippen LogP contribution is -2.48. The number of carbonyl (C=O) groups excluding carboxylic acids is 1. The van der Waals surface area contributed by atoms with Crippen LogP contribution in [-0.4, -0.2) is 16.5 Å². The molecular weight excluding hydrogens is 284 g/mol. The minimum atomic E-state index is -0.481. The Labute approximate surface area is 140 Å². The van der Waals surface area contributed by atoms with Gasteiger partial charge in [0, 0.05) is 5.92 Å². The summed E-state index contributed by atoms with van der Waals surface area (Å²) in [6.07, 6.45) is 11.6. The summed E-state index contributed by atoms with van der Waals surface area (Å²) in [6.45, 7) is 6.23. The fourth-order valence-electron chi connectivity index (χ4n) is 7.13. The molecule has 4 rings (SSSR count). The molecule has 0 bridgehead atoms. The van der Waals surface area contributed by atoms with E-state index in [2.05, 4.69) is 13.0 Å². The van der Waals surface area contributed by atoms with Crippen molar-refractivity contribution in [2.75, 3.05) is 0 Å². The van der Waals surface area contributed by atoms with Crippen LogP contribution in [0.1, 0.15) is 72.1 Å². The van der Waals surface area contributed by atoms with Crippen LogP contribution in [0.25, 0.3) is 0 Å². The van der Waals surface area contributed by atoms with Crippen molar-refractivity contribution < 1.29 is 9.90 Å². The number of fused-ring (bicyclic) bond motifs is 5. The van der Waals surface area contributed by atoms with E-state index in [0.717, 1.165) is 42.9 Å². The number of Topliss-reactive ketones (excluding diaryl/α,β-unsaturated/α-hetero) is 1. The second-order valence-corrected chi connectivity index (χ2v) is 9.55. The Hall–Kier alpha value is -0.630. The van der Waals surface area contributed by atoms with Crippen LogP contribution in [0.15, 0.2) is 11.6 Å². The number of hydrogen-bond donors (Lipinski definition) is 1. The quantitative estimate of drug-likeness (QED) is 0.722. The van der Waals surface area contributed by atoms with Gasteiger partial charge in [-0.05, 0) is 94.3 Å². The molecule has 0 saturated heterocycles. The maximum atomic E-state index is 12.1. The fourth-order valence-corrected chi connectivity index (χ4v) is 7.13. The Morgan fingerprint density at radius 1 is 1.13 bits per heavy atom. The highest BCUT2D eigenvalue weighted by molar-refractivity contribution is 5.79. The lowest BCUT2D eigenvalue weighted by atomic mass is 9.51. The highest BCUT2D eigenvalue weighted by Crippen LogP contribution is 2.63. The molecule has 4 aliphatic carbocycles. The second kappa shape index (κ2) is 5.18. The van der Waals surface area contributed by atoms with Crippen LogP contribution < -0.4 is 0 Å². The van der Waals surface area contributed by atoms with E-state index in [1.54, 1.807) is 5.57 Å². The molecule has 0 amide bonds. The molecule has 0 aromatic rings. The van der Waals surface area contributed by atoms with Crippen LogP contribution in [0.3, 0.4) is 0 Å². The Morgan fingerprint density at radius 3 is 2.65 bits per heavy atom. The summed E-state index contributed by atoms with van der Waals surface area (Å²) in [4.78, 5) is 12.1. The highest BCUT2D eigenvalue weighted by Gasteiger charge is 2.57. The van der Waals surface area contributed by atoms with Gasteiger partial charge < -0.3 is 5.11 Å². The maximum Gasteiger partial charge on any atom is 0.133 e. The van der Waals surface area contributed by atoms with E-state index in [1.165, 1.54) is 32.1 Å². The van der Waals surface area contributed by atoms with Crippen molar-refractivity contribution in [2.45, 2.75) is 77.7 Å². The van der Waals surface area contributed by atoms with Crippen molar-refractivity contribution in [3.8, 4) is 0 Å². The van der Waals surface area contributed by atoms with Gasteiger partial charge in [0.2, 0.25) is 0 Å². The van der Waals surface area contributed by atoms with E-state index in [1.807, 2.05) is 13.8 Å². The lowest BCUT2D eigenvalue weighted by molar-refractivity contribution is -0.126. The summed E-state index contributed by atoms with van der Waals surface area (Å²) < 4.78 is 0. The van der Waals surface area contributed by atoms with E-state index >= 15 is 0 Å². The average molecular weight is 316 g/mol. The Kier molecular flexibility index (Phi) is 3.58. The molecule has 0 aromatic carbocycles. The Balaban J connectivity index is 1.61. The standard InChI is InChI=1S/C21H32O2/c1-13(22)18-6-7-19-17-5-4-14-12-20(2,23)10-8-15(14)16(17)9-11-21(18,19)3/h4,15-19,23H,5-12H2,1-3H3/t15-,16+,17+,18+,19-,20-,21+/m0/s1. The zero-order valence-corrected chi connectivity index (χ0v) is 15.0. The van der Waals surface area contributed by atoms with Gasteiger partial charge in [0.05, 0.1) is 5.60 Å². The van der Waals surface area contributed by atoms with Crippen LogP contribution in [0.4, 0.5) is 0 Å². The first-order valence-electron chi connectivity index (χ1n) is 9.73. The largest absolute Gasteiger partial charge is 0.390 e. The van der Waals surface area contributed by atoms with Crippen LogP contribution in [0, 0.1) is 35.0 Å². The summed E-state index contributed by atoms with van der Waals surface area (Å²) in [5.41, 5.74) is 1.33. The molecule has 4 aliphatic rings. The normalized spacial score (nSPS) is 52.2. The number of carbonyl (C=O) groups is 1. The number of ketones is 1. The Bertz CT molecular complexity index is 546. The van der Waals surface area contributed by atoms with Gasteiger partial charge in [-0.3, -0.25) is 4.79 Å². The molecular formula is C21H32O2. The summed E-state index contributed by atoms with van der Waals surface area (Å²) >= 11 is 0.